The molecule has 0 unspecified atom stereocenters. The van der Waals surface area contributed by atoms with Crippen LogP contribution >= 0.6 is 0 Å². The highest BCUT2D eigenvalue weighted by molar-refractivity contribution is 5.96. The first-order chi connectivity index (χ1) is 8.70. The van der Waals surface area contributed by atoms with Crippen molar-refractivity contribution in [2.45, 2.75) is 20.3 Å². The van der Waals surface area contributed by atoms with Crippen LogP contribution in [-0.2, 0) is 0 Å². The Morgan fingerprint density at radius 2 is 2.11 bits per heavy atom. The molecule has 2 aromatic rings. The maximum absolute atomic E-state index is 11.6. The fourth-order valence-electron chi connectivity index (χ4n) is 1.64. The van der Waals surface area contributed by atoms with Crippen LogP contribution in [0.4, 0.5) is 0 Å². The van der Waals surface area contributed by atoms with Gasteiger partial charge in [0.2, 0.25) is 0 Å². The summed E-state index contributed by atoms with van der Waals surface area (Å²) in [6.07, 6.45) is 2.22. The van der Waals surface area contributed by atoms with Crippen LogP contribution in [0.3, 0.4) is 0 Å². The molecular formula is C15H15NO2. The lowest BCUT2D eigenvalue weighted by atomic mass is 10.1. The molecule has 0 aliphatic rings. The third-order valence-corrected chi connectivity index (χ3v) is 2.66. The highest BCUT2D eigenvalue weighted by Crippen LogP contribution is 2.24. The molecule has 0 saturated heterocycles. The number of aromatic nitrogens is 1. The Labute approximate surface area is 106 Å². The van der Waals surface area contributed by atoms with Crippen LogP contribution in [0.2, 0.25) is 0 Å². The van der Waals surface area contributed by atoms with Crippen molar-refractivity contribution in [3.05, 3.63) is 53.9 Å². The molecule has 0 saturated carbocycles. The van der Waals surface area contributed by atoms with Crippen molar-refractivity contribution >= 4 is 5.78 Å². The van der Waals surface area contributed by atoms with Crippen molar-refractivity contribution in [2.24, 2.45) is 0 Å². The summed E-state index contributed by atoms with van der Waals surface area (Å²) < 4.78 is 5.73. The number of Topliss-reactive ketones (excluding diaryl/α,β-unsaturated/α-hetero) is 1. The van der Waals surface area contributed by atoms with Gasteiger partial charge in [-0.1, -0.05) is 19.1 Å². The second-order valence-corrected chi connectivity index (χ2v) is 3.99. The zero-order valence-electron chi connectivity index (χ0n) is 10.5. The van der Waals surface area contributed by atoms with Gasteiger partial charge in [-0.15, -0.1) is 0 Å². The number of hydrogen-bond acceptors (Lipinski definition) is 3. The molecule has 92 valence electrons. The van der Waals surface area contributed by atoms with Crippen LogP contribution in [0.5, 0.6) is 11.5 Å². The smallest absolute Gasteiger partial charge is 0.162 e. The first kappa shape index (κ1) is 12.3. The van der Waals surface area contributed by atoms with Crippen molar-refractivity contribution < 1.29 is 9.53 Å². The van der Waals surface area contributed by atoms with Gasteiger partial charge >= 0.3 is 0 Å². The topological polar surface area (TPSA) is 39.2 Å². The third kappa shape index (κ3) is 2.74. The van der Waals surface area contributed by atoms with Gasteiger partial charge in [0.05, 0.1) is 5.69 Å². The minimum absolute atomic E-state index is 0.114. The molecule has 0 radical (unpaired) electrons. The number of pyridine rings is 1. The summed E-state index contributed by atoms with van der Waals surface area (Å²) in [5, 5.41) is 0. The van der Waals surface area contributed by atoms with E-state index in [1.807, 2.05) is 38.1 Å². The number of ketones is 1. The quantitative estimate of drug-likeness (QED) is 0.765. The zero-order chi connectivity index (χ0) is 13.0. The fraction of sp³-hybridized carbons (Fsp3) is 0.200. The predicted octanol–water partition coefficient (Wildman–Crippen LogP) is 3.78. The van der Waals surface area contributed by atoms with Crippen molar-refractivity contribution in [3.63, 3.8) is 0 Å². The molecule has 1 heterocycles. The highest BCUT2D eigenvalue weighted by Gasteiger charge is 2.06. The maximum Gasteiger partial charge on any atom is 0.162 e. The van der Waals surface area contributed by atoms with Gasteiger partial charge in [-0.3, -0.25) is 9.78 Å². The molecule has 0 aliphatic heterocycles. The number of hydrogen-bond donors (Lipinski definition) is 0. The minimum atomic E-state index is 0.114. The molecule has 3 nitrogen and oxygen atoms in total. The Balaban J connectivity index is 2.25. The summed E-state index contributed by atoms with van der Waals surface area (Å²) in [7, 11) is 0. The molecule has 18 heavy (non-hydrogen) atoms. The lowest BCUT2D eigenvalue weighted by Gasteiger charge is -2.08. The van der Waals surface area contributed by atoms with Gasteiger partial charge in [0.1, 0.15) is 11.5 Å². The lowest BCUT2D eigenvalue weighted by molar-refractivity contribution is 0.0988. The average Bonchev–Trinajstić information content (AvgIpc) is 2.41. The van der Waals surface area contributed by atoms with Crippen LogP contribution in [-0.4, -0.2) is 10.8 Å². The van der Waals surface area contributed by atoms with E-state index in [1.165, 1.54) is 0 Å². The number of aryl methyl sites for hydroxylation is 1. The number of ether oxygens (including phenoxy) is 1. The van der Waals surface area contributed by atoms with Crippen LogP contribution < -0.4 is 4.74 Å². The number of rotatable bonds is 4. The Bertz CT molecular complexity index is 564. The SMILES string of the molecule is CCC(=O)c1cccc(Oc2cccnc2C)c1. The summed E-state index contributed by atoms with van der Waals surface area (Å²) in [5.41, 5.74) is 1.50. The van der Waals surface area contributed by atoms with Crippen LogP contribution in [0.15, 0.2) is 42.6 Å². The van der Waals surface area contributed by atoms with Crippen molar-refractivity contribution in [1.29, 1.82) is 0 Å². The molecule has 0 atom stereocenters. The van der Waals surface area contributed by atoms with Crippen molar-refractivity contribution in [2.75, 3.05) is 0 Å². The first-order valence-electron chi connectivity index (χ1n) is 5.93. The molecular weight excluding hydrogens is 226 g/mol. The van der Waals surface area contributed by atoms with E-state index in [0.29, 0.717) is 23.5 Å². The average molecular weight is 241 g/mol. The lowest BCUT2D eigenvalue weighted by Crippen LogP contribution is -1.97. The Kier molecular flexibility index (Phi) is 3.72. The van der Waals surface area contributed by atoms with Gasteiger partial charge in [-0.25, -0.2) is 0 Å². The highest BCUT2D eigenvalue weighted by atomic mass is 16.5. The van der Waals surface area contributed by atoms with E-state index in [-0.39, 0.29) is 5.78 Å². The van der Waals surface area contributed by atoms with Gasteiger partial charge in [-0.05, 0) is 31.2 Å². The Morgan fingerprint density at radius 3 is 2.83 bits per heavy atom. The molecule has 0 amide bonds. The normalized spacial score (nSPS) is 10.1. The Hall–Kier alpha value is -2.16. The van der Waals surface area contributed by atoms with Gasteiger partial charge < -0.3 is 4.74 Å². The molecule has 0 bridgehead atoms. The molecule has 0 spiro atoms. The monoisotopic (exact) mass is 241 g/mol. The third-order valence-electron chi connectivity index (χ3n) is 2.66. The summed E-state index contributed by atoms with van der Waals surface area (Å²) in [6.45, 7) is 3.73. The van der Waals surface area contributed by atoms with E-state index >= 15 is 0 Å². The van der Waals surface area contributed by atoms with E-state index in [2.05, 4.69) is 4.98 Å². The maximum atomic E-state index is 11.6. The number of benzene rings is 1. The molecule has 0 fully saturated rings. The van der Waals surface area contributed by atoms with Crippen molar-refractivity contribution in [3.8, 4) is 11.5 Å². The summed E-state index contributed by atoms with van der Waals surface area (Å²) in [5.74, 6) is 1.48. The van der Waals surface area contributed by atoms with Crippen LogP contribution in [0, 0.1) is 6.92 Å². The zero-order valence-corrected chi connectivity index (χ0v) is 10.5. The predicted molar refractivity (Wildman–Crippen MR) is 70.1 cm³/mol. The second-order valence-electron chi connectivity index (χ2n) is 3.99. The van der Waals surface area contributed by atoms with E-state index in [1.54, 1.807) is 18.3 Å². The van der Waals surface area contributed by atoms with E-state index in [0.717, 1.165) is 5.69 Å². The molecule has 0 aliphatic carbocycles. The molecule has 1 aromatic carbocycles. The van der Waals surface area contributed by atoms with E-state index < -0.39 is 0 Å². The van der Waals surface area contributed by atoms with Crippen LogP contribution in [0.1, 0.15) is 29.4 Å². The molecule has 3 heteroatoms. The standard InChI is InChI=1S/C15H15NO2/c1-3-14(17)12-6-4-7-13(10-12)18-15-8-5-9-16-11(15)2/h4-10H,3H2,1-2H3. The van der Waals surface area contributed by atoms with Gasteiger partial charge in [0.15, 0.2) is 5.78 Å². The van der Waals surface area contributed by atoms with Crippen molar-refractivity contribution in [1.82, 2.24) is 4.98 Å². The summed E-state index contributed by atoms with van der Waals surface area (Å²) in [4.78, 5) is 15.8. The summed E-state index contributed by atoms with van der Waals surface area (Å²) in [6, 6.07) is 10.9. The summed E-state index contributed by atoms with van der Waals surface area (Å²) >= 11 is 0. The van der Waals surface area contributed by atoms with E-state index in [4.69, 9.17) is 4.74 Å². The number of carbonyl (C=O) groups excluding carboxylic acids is 1. The van der Waals surface area contributed by atoms with E-state index in [9.17, 15) is 4.79 Å². The second kappa shape index (κ2) is 5.45. The molecule has 0 N–H and O–H groups in total. The molecule has 1 aromatic heterocycles. The Morgan fingerprint density at radius 1 is 1.28 bits per heavy atom. The van der Waals surface area contributed by atoms with Gasteiger partial charge in [0.25, 0.3) is 0 Å². The van der Waals surface area contributed by atoms with Gasteiger partial charge in [0, 0.05) is 18.2 Å². The first-order valence-corrected chi connectivity index (χ1v) is 5.93. The largest absolute Gasteiger partial charge is 0.455 e. The molecule has 2 rings (SSSR count). The number of nitrogens with zero attached hydrogens (tertiary/aromatic N) is 1. The minimum Gasteiger partial charge on any atom is -0.455 e. The van der Waals surface area contributed by atoms with Gasteiger partial charge in [-0.2, -0.15) is 0 Å². The van der Waals surface area contributed by atoms with Crippen LogP contribution in [0.25, 0.3) is 0 Å². The number of carbonyl (C=O) groups is 1. The fourth-order valence-corrected chi connectivity index (χ4v) is 1.64.